The van der Waals surface area contributed by atoms with E-state index in [0.29, 0.717) is 22.9 Å². The van der Waals surface area contributed by atoms with Crippen LogP contribution in [0.3, 0.4) is 0 Å². The van der Waals surface area contributed by atoms with Crippen molar-refractivity contribution in [2.75, 3.05) is 13.7 Å². The fourth-order valence-electron chi connectivity index (χ4n) is 3.53. The van der Waals surface area contributed by atoms with Crippen LogP contribution < -0.4 is 4.74 Å². The molecule has 3 rings (SSSR count). The highest BCUT2D eigenvalue weighted by molar-refractivity contribution is 6.31. The Balaban J connectivity index is 1.94. The number of rotatable bonds is 8. The molecule has 1 atom stereocenters. The third-order valence-electron chi connectivity index (χ3n) is 5.40. The molecule has 3 aromatic rings. The van der Waals surface area contributed by atoms with Gasteiger partial charge in [-0.25, -0.2) is 9.59 Å². The Morgan fingerprint density at radius 2 is 1.94 bits per heavy atom. The highest BCUT2D eigenvalue weighted by atomic mass is 35.5. The number of hydrogen-bond donors (Lipinski definition) is 0. The van der Waals surface area contributed by atoms with Crippen LogP contribution in [-0.4, -0.2) is 36.3 Å². The molecule has 0 saturated carbocycles. The second-order valence-corrected chi connectivity index (χ2v) is 7.86. The van der Waals surface area contributed by atoms with Gasteiger partial charge in [0, 0.05) is 28.2 Å². The minimum Gasteiger partial charge on any atom is -0.479 e. The lowest BCUT2D eigenvalue weighted by atomic mass is 10.1. The van der Waals surface area contributed by atoms with E-state index < -0.39 is 12.1 Å². The van der Waals surface area contributed by atoms with Crippen molar-refractivity contribution in [3.63, 3.8) is 0 Å². The Kier molecular flexibility index (Phi) is 7.26. The van der Waals surface area contributed by atoms with E-state index in [1.807, 2.05) is 32.0 Å². The molecule has 0 unspecified atom stereocenters. The largest absolute Gasteiger partial charge is 0.479 e. The first-order valence-electron chi connectivity index (χ1n) is 10.2. The third-order valence-corrected chi connectivity index (χ3v) is 5.77. The molecule has 0 radical (unpaired) electrons. The summed E-state index contributed by atoms with van der Waals surface area (Å²) >= 11 is 6.47. The van der Waals surface area contributed by atoms with Crippen LogP contribution in [0.15, 0.2) is 49.1 Å². The summed E-state index contributed by atoms with van der Waals surface area (Å²) in [6.07, 6.45) is 0.806. The lowest BCUT2D eigenvalue weighted by molar-refractivity contribution is -0.147. The van der Waals surface area contributed by atoms with E-state index in [1.165, 1.54) is 13.2 Å². The van der Waals surface area contributed by atoms with Crippen LogP contribution in [0.1, 0.15) is 34.1 Å². The quantitative estimate of drug-likeness (QED) is 0.343. The van der Waals surface area contributed by atoms with Gasteiger partial charge in [-0.2, -0.15) is 0 Å². The molecule has 0 N–H and O–H groups in total. The molecule has 0 aliphatic rings. The maximum absolute atomic E-state index is 12.2. The lowest BCUT2D eigenvalue weighted by Gasteiger charge is -2.15. The summed E-state index contributed by atoms with van der Waals surface area (Å²) in [4.78, 5) is 23.9. The average Bonchev–Trinajstić information content (AvgIpc) is 3.03. The number of aromatic nitrogens is 1. The molecule has 32 heavy (non-hydrogen) atoms. The smallest absolute Gasteiger partial charge is 0.346 e. The van der Waals surface area contributed by atoms with Gasteiger partial charge >= 0.3 is 11.9 Å². The molecule has 0 saturated heterocycles. The molecule has 6 nitrogen and oxygen atoms in total. The number of carbonyl (C=O) groups is 2. The normalized spacial score (nSPS) is 11.8. The zero-order chi connectivity index (χ0) is 23.4. The number of hydrogen-bond acceptors (Lipinski definition) is 5. The minimum absolute atomic E-state index is 0.168. The Labute approximate surface area is 192 Å². The first-order chi connectivity index (χ1) is 15.3. The first kappa shape index (κ1) is 23.4. The van der Waals surface area contributed by atoms with E-state index in [0.717, 1.165) is 27.7 Å². The molecule has 0 spiro atoms. The third kappa shape index (κ3) is 4.81. The number of esters is 2. The van der Waals surface area contributed by atoms with Crippen molar-refractivity contribution in [2.24, 2.45) is 0 Å². The Hall–Kier alpha value is -3.25. The van der Waals surface area contributed by atoms with E-state index in [9.17, 15) is 9.59 Å². The Bertz CT molecular complexity index is 1180. The Morgan fingerprint density at radius 1 is 1.19 bits per heavy atom. The van der Waals surface area contributed by atoms with Crippen molar-refractivity contribution in [2.45, 2.75) is 33.4 Å². The lowest BCUT2D eigenvalue weighted by Crippen LogP contribution is -2.24. The van der Waals surface area contributed by atoms with Crippen LogP contribution >= 0.6 is 11.6 Å². The predicted octanol–water partition coefficient (Wildman–Crippen LogP) is 5.24. The molecule has 0 fully saturated rings. The number of benzene rings is 2. The summed E-state index contributed by atoms with van der Waals surface area (Å²) in [5.74, 6) is -0.309. The summed E-state index contributed by atoms with van der Waals surface area (Å²) in [7, 11) is 1.32. The highest BCUT2D eigenvalue weighted by Gasteiger charge is 2.18. The van der Waals surface area contributed by atoms with Crippen LogP contribution in [-0.2, 0) is 20.8 Å². The van der Waals surface area contributed by atoms with Crippen LogP contribution in [0.25, 0.3) is 10.9 Å². The molecular formula is C25H26ClNO5. The van der Waals surface area contributed by atoms with Crippen LogP contribution in [0.5, 0.6) is 5.75 Å². The van der Waals surface area contributed by atoms with Crippen molar-refractivity contribution in [1.82, 2.24) is 4.57 Å². The van der Waals surface area contributed by atoms with Gasteiger partial charge in [0.1, 0.15) is 12.4 Å². The predicted molar refractivity (Wildman–Crippen MR) is 125 cm³/mol. The van der Waals surface area contributed by atoms with Gasteiger partial charge in [0.05, 0.1) is 12.7 Å². The van der Waals surface area contributed by atoms with Gasteiger partial charge in [-0.05, 0) is 68.3 Å². The second-order valence-electron chi connectivity index (χ2n) is 7.45. The van der Waals surface area contributed by atoms with Crippen LogP contribution in [0.4, 0.5) is 0 Å². The maximum atomic E-state index is 12.2. The summed E-state index contributed by atoms with van der Waals surface area (Å²) < 4.78 is 17.7. The number of aryl methyl sites for hydroxylation is 1. The number of halogens is 1. The summed E-state index contributed by atoms with van der Waals surface area (Å²) in [5.41, 5.74) is 4.44. The number of fused-ring (bicyclic) bond motifs is 1. The molecule has 2 aromatic carbocycles. The summed E-state index contributed by atoms with van der Waals surface area (Å²) in [6.45, 7) is 9.91. The SMILES string of the molecule is C=CCOC(=O)c1ccc2c(c1)c(C)c(C)n2Cc1cc(O[C@H](C)C(=O)OC)ccc1Cl. The van der Waals surface area contributed by atoms with E-state index in [-0.39, 0.29) is 12.6 Å². The van der Waals surface area contributed by atoms with E-state index >= 15 is 0 Å². The zero-order valence-electron chi connectivity index (χ0n) is 18.6. The fourth-order valence-corrected chi connectivity index (χ4v) is 3.71. The number of carbonyl (C=O) groups excluding carboxylic acids is 2. The fraction of sp³-hybridized carbons (Fsp3) is 0.280. The van der Waals surface area contributed by atoms with Crippen molar-refractivity contribution in [3.8, 4) is 5.75 Å². The van der Waals surface area contributed by atoms with Gasteiger partial charge < -0.3 is 18.8 Å². The summed E-state index contributed by atoms with van der Waals surface area (Å²) in [5, 5.41) is 1.56. The monoisotopic (exact) mass is 455 g/mol. The van der Waals surface area contributed by atoms with Gasteiger partial charge in [-0.1, -0.05) is 24.3 Å². The van der Waals surface area contributed by atoms with Crippen LogP contribution in [0.2, 0.25) is 5.02 Å². The first-order valence-corrected chi connectivity index (χ1v) is 10.5. The van der Waals surface area contributed by atoms with Crippen LogP contribution in [0, 0.1) is 13.8 Å². The van der Waals surface area contributed by atoms with Gasteiger partial charge in [-0.3, -0.25) is 0 Å². The molecular weight excluding hydrogens is 430 g/mol. The van der Waals surface area contributed by atoms with Crippen molar-refractivity contribution in [3.05, 3.63) is 76.5 Å². The van der Waals surface area contributed by atoms with E-state index in [2.05, 4.69) is 11.1 Å². The summed E-state index contributed by atoms with van der Waals surface area (Å²) in [6, 6.07) is 10.8. The van der Waals surface area contributed by atoms with E-state index in [1.54, 1.807) is 25.1 Å². The van der Waals surface area contributed by atoms with E-state index in [4.69, 9.17) is 25.8 Å². The molecule has 1 aromatic heterocycles. The average molecular weight is 456 g/mol. The zero-order valence-corrected chi connectivity index (χ0v) is 19.4. The molecule has 1 heterocycles. The topological polar surface area (TPSA) is 66.8 Å². The van der Waals surface area contributed by atoms with Gasteiger partial charge in [-0.15, -0.1) is 0 Å². The molecule has 168 valence electrons. The van der Waals surface area contributed by atoms with Crippen molar-refractivity contribution in [1.29, 1.82) is 0 Å². The van der Waals surface area contributed by atoms with Gasteiger partial charge in [0.2, 0.25) is 0 Å². The molecule has 0 bridgehead atoms. The van der Waals surface area contributed by atoms with Gasteiger partial charge in [0.15, 0.2) is 6.10 Å². The molecule has 0 aliphatic carbocycles. The molecule has 0 amide bonds. The van der Waals surface area contributed by atoms with Crippen molar-refractivity contribution < 1.29 is 23.8 Å². The standard InChI is InChI=1S/C25H26ClNO5/c1-6-11-31-25(29)18-7-10-23-21(13-18)15(2)16(3)27(23)14-19-12-20(8-9-22(19)26)32-17(4)24(28)30-5/h6-10,12-13,17H,1,11,14H2,2-5H3/t17-/m1/s1. The minimum atomic E-state index is -0.732. The maximum Gasteiger partial charge on any atom is 0.346 e. The Morgan fingerprint density at radius 3 is 2.62 bits per heavy atom. The molecule has 0 aliphatic heterocycles. The number of methoxy groups -OCH3 is 1. The second kappa shape index (κ2) is 9.92. The van der Waals surface area contributed by atoms with Gasteiger partial charge in [0.25, 0.3) is 0 Å². The highest BCUT2D eigenvalue weighted by Crippen LogP contribution is 2.30. The number of ether oxygens (including phenoxy) is 3. The molecule has 7 heteroatoms. The number of nitrogens with zero attached hydrogens (tertiary/aromatic N) is 1. The van der Waals surface area contributed by atoms with Crippen molar-refractivity contribution >= 4 is 34.4 Å².